The van der Waals surface area contributed by atoms with Crippen LogP contribution in [0.25, 0.3) is 0 Å². The standard InChI is InChI=1S/C17H23IO3/c1-11(2)16(21-15(19)10-12-8-9-12)17(20-3)13-6-4-5-7-14(13)18/h4-7,11-12,16-17H,8-10H2,1-3H3/t16-,17-/m0/s1. The molecule has 0 unspecified atom stereocenters. The first kappa shape index (κ1) is 16.7. The fourth-order valence-corrected chi connectivity index (χ4v) is 3.14. The molecule has 0 heterocycles. The van der Waals surface area contributed by atoms with Gasteiger partial charge in [-0.2, -0.15) is 0 Å². The maximum Gasteiger partial charge on any atom is 0.306 e. The minimum Gasteiger partial charge on any atom is -0.459 e. The van der Waals surface area contributed by atoms with Crippen LogP contribution < -0.4 is 0 Å². The van der Waals surface area contributed by atoms with Gasteiger partial charge in [0.1, 0.15) is 12.2 Å². The molecule has 2 rings (SSSR count). The fourth-order valence-electron chi connectivity index (χ4n) is 2.45. The molecule has 116 valence electrons. The zero-order valence-corrected chi connectivity index (χ0v) is 15.0. The van der Waals surface area contributed by atoms with Crippen molar-refractivity contribution in [1.82, 2.24) is 0 Å². The van der Waals surface area contributed by atoms with Crippen molar-refractivity contribution in [2.24, 2.45) is 11.8 Å². The van der Waals surface area contributed by atoms with Crippen LogP contribution >= 0.6 is 22.6 Å². The van der Waals surface area contributed by atoms with Crippen LogP contribution in [-0.4, -0.2) is 19.2 Å². The maximum absolute atomic E-state index is 12.1. The lowest BCUT2D eigenvalue weighted by Crippen LogP contribution is -2.32. The highest BCUT2D eigenvalue weighted by molar-refractivity contribution is 14.1. The number of methoxy groups -OCH3 is 1. The van der Waals surface area contributed by atoms with E-state index in [1.807, 2.05) is 24.3 Å². The van der Waals surface area contributed by atoms with Crippen molar-refractivity contribution in [2.75, 3.05) is 7.11 Å². The molecule has 2 atom stereocenters. The third-order valence-electron chi connectivity index (χ3n) is 3.84. The van der Waals surface area contributed by atoms with Crippen LogP contribution in [0, 0.1) is 15.4 Å². The number of rotatable bonds is 7. The van der Waals surface area contributed by atoms with Gasteiger partial charge >= 0.3 is 5.97 Å². The van der Waals surface area contributed by atoms with Crippen LogP contribution in [0.1, 0.15) is 44.8 Å². The predicted molar refractivity (Wildman–Crippen MR) is 91.0 cm³/mol. The number of halogens is 1. The molecule has 0 aromatic heterocycles. The minimum absolute atomic E-state index is 0.0933. The Hall–Kier alpha value is -0.620. The summed E-state index contributed by atoms with van der Waals surface area (Å²) >= 11 is 2.30. The molecule has 21 heavy (non-hydrogen) atoms. The first-order valence-corrected chi connectivity index (χ1v) is 8.57. The number of benzene rings is 1. The highest BCUT2D eigenvalue weighted by atomic mass is 127. The van der Waals surface area contributed by atoms with Gasteiger partial charge in [-0.1, -0.05) is 32.0 Å². The third-order valence-corrected chi connectivity index (χ3v) is 4.82. The topological polar surface area (TPSA) is 35.5 Å². The van der Waals surface area contributed by atoms with Crippen LogP contribution in [0.4, 0.5) is 0 Å². The Bertz CT molecular complexity index is 483. The lowest BCUT2D eigenvalue weighted by molar-refractivity contribution is -0.161. The third kappa shape index (κ3) is 4.68. The van der Waals surface area contributed by atoms with Gasteiger partial charge in [0, 0.05) is 17.1 Å². The van der Waals surface area contributed by atoms with Gasteiger partial charge in [-0.05, 0) is 58.9 Å². The summed E-state index contributed by atoms with van der Waals surface area (Å²) < 4.78 is 12.6. The number of hydrogen-bond acceptors (Lipinski definition) is 3. The van der Waals surface area contributed by atoms with E-state index < -0.39 is 0 Å². The summed E-state index contributed by atoms with van der Waals surface area (Å²) in [6.45, 7) is 4.13. The van der Waals surface area contributed by atoms with Crippen LogP contribution in [0.3, 0.4) is 0 Å². The fraction of sp³-hybridized carbons (Fsp3) is 0.588. The van der Waals surface area contributed by atoms with Crippen molar-refractivity contribution in [3.63, 3.8) is 0 Å². The average Bonchev–Trinajstić information content (AvgIpc) is 3.24. The largest absolute Gasteiger partial charge is 0.459 e. The van der Waals surface area contributed by atoms with E-state index in [0.717, 1.165) is 22.0 Å². The molecule has 0 spiro atoms. The van der Waals surface area contributed by atoms with Crippen LogP contribution in [0.5, 0.6) is 0 Å². The van der Waals surface area contributed by atoms with Gasteiger partial charge in [0.05, 0.1) is 0 Å². The summed E-state index contributed by atoms with van der Waals surface area (Å²) in [5, 5.41) is 0. The number of carbonyl (C=O) groups excluding carboxylic acids is 1. The SMILES string of the molecule is CO[C@@H](c1ccccc1I)[C@@H](OC(=O)CC1CC1)C(C)C. The molecule has 1 aromatic carbocycles. The lowest BCUT2D eigenvalue weighted by Gasteiger charge is -2.30. The molecule has 0 bridgehead atoms. The summed E-state index contributed by atoms with van der Waals surface area (Å²) in [4.78, 5) is 12.1. The molecular formula is C17H23IO3. The van der Waals surface area contributed by atoms with E-state index in [9.17, 15) is 4.79 Å². The van der Waals surface area contributed by atoms with Gasteiger partial charge in [-0.3, -0.25) is 4.79 Å². The molecule has 0 N–H and O–H groups in total. The summed E-state index contributed by atoms with van der Waals surface area (Å²) in [6.07, 6.45) is 2.39. The van der Waals surface area contributed by atoms with Gasteiger partial charge in [0.2, 0.25) is 0 Å². The second-order valence-electron chi connectivity index (χ2n) is 6.02. The zero-order chi connectivity index (χ0) is 15.4. The monoisotopic (exact) mass is 402 g/mol. The van der Waals surface area contributed by atoms with E-state index in [4.69, 9.17) is 9.47 Å². The summed E-state index contributed by atoms with van der Waals surface area (Å²) in [5.41, 5.74) is 1.08. The Balaban J connectivity index is 2.13. The lowest BCUT2D eigenvalue weighted by atomic mass is 9.95. The molecule has 0 amide bonds. The second-order valence-corrected chi connectivity index (χ2v) is 7.19. The van der Waals surface area contributed by atoms with E-state index in [-0.39, 0.29) is 24.1 Å². The van der Waals surface area contributed by atoms with E-state index in [2.05, 4.69) is 36.4 Å². The molecule has 0 radical (unpaired) electrons. The molecule has 0 saturated heterocycles. The Labute approximate surface area is 140 Å². The van der Waals surface area contributed by atoms with E-state index in [0.29, 0.717) is 12.3 Å². The van der Waals surface area contributed by atoms with Crippen LogP contribution in [-0.2, 0) is 14.3 Å². The molecule has 0 aliphatic heterocycles. The first-order chi connectivity index (χ1) is 10.0. The van der Waals surface area contributed by atoms with Crippen molar-refractivity contribution in [3.05, 3.63) is 33.4 Å². The van der Waals surface area contributed by atoms with Crippen molar-refractivity contribution in [3.8, 4) is 0 Å². The van der Waals surface area contributed by atoms with Crippen molar-refractivity contribution in [1.29, 1.82) is 0 Å². The average molecular weight is 402 g/mol. The predicted octanol–water partition coefficient (Wildman–Crippen LogP) is 4.35. The van der Waals surface area contributed by atoms with E-state index in [1.54, 1.807) is 7.11 Å². The first-order valence-electron chi connectivity index (χ1n) is 7.49. The highest BCUT2D eigenvalue weighted by Crippen LogP contribution is 2.35. The van der Waals surface area contributed by atoms with Gasteiger partial charge in [-0.25, -0.2) is 0 Å². The number of ether oxygens (including phenoxy) is 2. The molecule has 1 aliphatic rings. The summed E-state index contributed by atoms with van der Waals surface area (Å²) in [5.74, 6) is 0.654. The van der Waals surface area contributed by atoms with Gasteiger partial charge < -0.3 is 9.47 Å². The number of hydrogen-bond donors (Lipinski definition) is 0. The smallest absolute Gasteiger partial charge is 0.306 e. The Morgan fingerprint density at radius 3 is 2.52 bits per heavy atom. The molecule has 4 heteroatoms. The highest BCUT2D eigenvalue weighted by Gasteiger charge is 2.33. The molecule has 1 fully saturated rings. The molecule has 3 nitrogen and oxygen atoms in total. The van der Waals surface area contributed by atoms with Crippen molar-refractivity contribution in [2.45, 2.75) is 45.3 Å². The maximum atomic E-state index is 12.1. The van der Waals surface area contributed by atoms with Gasteiger partial charge in [0.25, 0.3) is 0 Å². The molecule has 1 aromatic rings. The zero-order valence-electron chi connectivity index (χ0n) is 12.8. The quantitative estimate of drug-likeness (QED) is 0.503. The Kier molecular flexibility index (Phi) is 6.05. The summed E-state index contributed by atoms with van der Waals surface area (Å²) in [6, 6.07) is 8.08. The number of carbonyl (C=O) groups is 1. The normalized spacial score (nSPS) is 17.6. The molecular weight excluding hydrogens is 379 g/mol. The number of esters is 1. The van der Waals surface area contributed by atoms with E-state index in [1.165, 1.54) is 0 Å². The van der Waals surface area contributed by atoms with E-state index >= 15 is 0 Å². The molecule has 1 aliphatic carbocycles. The van der Waals surface area contributed by atoms with Gasteiger partial charge in [0.15, 0.2) is 0 Å². The van der Waals surface area contributed by atoms with Crippen molar-refractivity contribution >= 4 is 28.6 Å². The minimum atomic E-state index is -0.253. The second kappa shape index (κ2) is 7.58. The Morgan fingerprint density at radius 1 is 1.33 bits per heavy atom. The van der Waals surface area contributed by atoms with Crippen LogP contribution in [0.15, 0.2) is 24.3 Å². The molecule has 1 saturated carbocycles. The van der Waals surface area contributed by atoms with Crippen molar-refractivity contribution < 1.29 is 14.3 Å². The van der Waals surface area contributed by atoms with Gasteiger partial charge in [-0.15, -0.1) is 0 Å². The Morgan fingerprint density at radius 2 is 2.00 bits per heavy atom. The van der Waals surface area contributed by atoms with Crippen LogP contribution in [0.2, 0.25) is 0 Å². The summed E-state index contributed by atoms with van der Waals surface area (Å²) in [7, 11) is 1.68.